The van der Waals surface area contributed by atoms with E-state index in [1.54, 1.807) is 0 Å². The van der Waals surface area contributed by atoms with Crippen molar-refractivity contribution in [2.75, 3.05) is 36.4 Å². The van der Waals surface area contributed by atoms with E-state index in [0.717, 1.165) is 56.8 Å². The zero-order chi connectivity index (χ0) is 25.8. The van der Waals surface area contributed by atoms with Crippen LogP contribution >= 0.6 is 0 Å². The molecule has 11 heteroatoms. The first kappa shape index (κ1) is 24.6. The number of hydrogen-bond donors (Lipinski definition) is 3. The van der Waals surface area contributed by atoms with E-state index in [4.69, 9.17) is 10.2 Å². The number of aromatic amines is 1. The van der Waals surface area contributed by atoms with Gasteiger partial charge in [-0.25, -0.2) is 10.1 Å². The van der Waals surface area contributed by atoms with Crippen molar-refractivity contribution in [2.45, 2.75) is 38.6 Å². The van der Waals surface area contributed by atoms with Crippen LogP contribution in [0.2, 0.25) is 0 Å². The van der Waals surface area contributed by atoms with Gasteiger partial charge in [-0.15, -0.1) is 0 Å². The van der Waals surface area contributed by atoms with Crippen molar-refractivity contribution in [1.82, 2.24) is 25.1 Å². The van der Waals surface area contributed by atoms with Gasteiger partial charge in [-0.2, -0.15) is 15.3 Å². The number of likely N-dealkylation sites (tertiary alicyclic amines) is 1. The number of H-pyrrole nitrogens is 1. The number of rotatable bonds is 7. The molecule has 0 spiro atoms. The van der Waals surface area contributed by atoms with Crippen molar-refractivity contribution in [3.63, 3.8) is 0 Å². The van der Waals surface area contributed by atoms with E-state index in [2.05, 4.69) is 36.4 Å². The fourth-order valence-corrected chi connectivity index (χ4v) is 5.12. The molecular formula is C26H30N8O3. The third kappa shape index (κ3) is 5.70. The molecule has 2 fully saturated rings. The largest absolute Gasteiger partial charge is 0.481 e. The first-order chi connectivity index (χ1) is 18.0. The molecule has 2 aliphatic rings. The second-order valence-corrected chi connectivity index (χ2v) is 9.83. The maximum Gasteiger partial charge on any atom is 0.306 e. The highest BCUT2D eigenvalue weighted by Crippen LogP contribution is 2.28. The molecule has 11 nitrogen and oxygen atoms in total. The van der Waals surface area contributed by atoms with Crippen molar-refractivity contribution >= 4 is 34.3 Å². The molecule has 0 saturated carbocycles. The van der Waals surface area contributed by atoms with Crippen LogP contribution in [0, 0.1) is 23.2 Å². The van der Waals surface area contributed by atoms with E-state index < -0.39 is 5.97 Å². The number of carbonyl (C=O) groups is 1. The van der Waals surface area contributed by atoms with E-state index in [0.29, 0.717) is 47.8 Å². The Hall–Kier alpha value is -4.04. The minimum Gasteiger partial charge on any atom is -0.481 e. The number of fused-ring (bicyclic) bond motifs is 1. The molecule has 5 rings (SSSR count). The first-order valence-corrected chi connectivity index (χ1v) is 12.7. The summed E-state index contributed by atoms with van der Waals surface area (Å²) in [5.41, 5.74) is 2.04. The highest BCUT2D eigenvalue weighted by atomic mass is 16.4. The van der Waals surface area contributed by atoms with Crippen molar-refractivity contribution in [1.29, 1.82) is 5.26 Å². The summed E-state index contributed by atoms with van der Waals surface area (Å²) in [6.07, 6.45) is 5.26. The fourth-order valence-electron chi connectivity index (χ4n) is 5.12. The van der Waals surface area contributed by atoms with E-state index in [1.165, 1.54) is 6.20 Å². The molecule has 3 aromatic rings. The van der Waals surface area contributed by atoms with E-state index in [9.17, 15) is 14.7 Å². The topological polar surface area (TPSA) is 151 Å². The zero-order valence-electron chi connectivity index (χ0n) is 20.6. The lowest BCUT2D eigenvalue weighted by molar-refractivity contribution is -0.143. The smallest absolute Gasteiger partial charge is 0.306 e. The molecule has 2 aliphatic heterocycles. The number of hydrogen-bond acceptors (Lipinski definition) is 9. The Morgan fingerprint density at radius 2 is 1.84 bits per heavy atom. The number of carboxylic acid groups (broad SMARTS) is 1. The molecule has 2 aromatic heterocycles. The molecule has 192 valence electrons. The van der Waals surface area contributed by atoms with Gasteiger partial charge in [0.1, 0.15) is 16.7 Å². The van der Waals surface area contributed by atoms with Gasteiger partial charge in [-0.05, 0) is 62.4 Å². The van der Waals surface area contributed by atoms with Gasteiger partial charge in [0.25, 0.3) is 5.56 Å². The number of benzene rings is 1. The summed E-state index contributed by atoms with van der Waals surface area (Å²) < 4.78 is 0. The fraction of sp³-hybridized carbons (Fsp3) is 0.462. The summed E-state index contributed by atoms with van der Waals surface area (Å²) in [4.78, 5) is 37.5. The van der Waals surface area contributed by atoms with Gasteiger partial charge in [0, 0.05) is 31.7 Å². The molecule has 0 radical (unpaired) electrons. The summed E-state index contributed by atoms with van der Waals surface area (Å²) in [6.45, 7) is 3.83. The Morgan fingerprint density at radius 1 is 1.11 bits per heavy atom. The van der Waals surface area contributed by atoms with Crippen LogP contribution in [-0.2, 0) is 11.3 Å². The lowest BCUT2D eigenvalue weighted by Crippen LogP contribution is -2.35. The minimum absolute atomic E-state index is 0.238. The van der Waals surface area contributed by atoms with E-state index in [-0.39, 0.29) is 11.5 Å². The molecule has 4 heterocycles. The Labute approximate surface area is 214 Å². The molecular weight excluding hydrogens is 472 g/mol. The number of aliphatic carboxylic acids is 1. The molecule has 0 atom stereocenters. The quantitative estimate of drug-likeness (QED) is 0.440. The van der Waals surface area contributed by atoms with Gasteiger partial charge in [0.15, 0.2) is 0 Å². The van der Waals surface area contributed by atoms with Gasteiger partial charge in [-0.3, -0.25) is 14.5 Å². The van der Waals surface area contributed by atoms with Gasteiger partial charge in [-0.1, -0.05) is 12.1 Å². The number of nitrogens with zero attached hydrogens (tertiary/aromatic N) is 6. The van der Waals surface area contributed by atoms with Crippen LogP contribution < -0.4 is 15.8 Å². The van der Waals surface area contributed by atoms with Crippen molar-refractivity contribution < 1.29 is 9.90 Å². The summed E-state index contributed by atoms with van der Waals surface area (Å²) >= 11 is 0. The van der Waals surface area contributed by atoms with Gasteiger partial charge in [0.2, 0.25) is 5.95 Å². The summed E-state index contributed by atoms with van der Waals surface area (Å²) in [7, 11) is 0. The highest BCUT2D eigenvalue weighted by molar-refractivity contribution is 5.90. The summed E-state index contributed by atoms with van der Waals surface area (Å²) in [5.74, 6) is 0.419. The number of nitrogens with one attached hydrogen (secondary N) is 2. The predicted octanol–water partition coefficient (Wildman–Crippen LogP) is 2.88. The Balaban J connectivity index is 1.32. The Bertz CT molecular complexity index is 1350. The Morgan fingerprint density at radius 3 is 2.51 bits per heavy atom. The van der Waals surface area contributed by atoms with E-state index >= 15 is 0 Å². The predicted molar refractivity (Wildman–Crippen MR) is 138 cm³/mol. The van der Waals surface area contributed by atoms with Gasteiger partial charge >= 0.3 is 5.97 Å². The summed E-state index contributed by atoms with van der Waals surface area (Å²) in [5, 5.41) is 28.2. The molecule has 0 aliphatic carbocycles. The number of nitriles is 1. The maximum absolute atomic E-state index is 12.6. The maximum atomic E-state index is 12.6. The van der Waals surface area contributed by atoms with Crippen LogP contribution in [0.4, 0.5) is 17.5 Å². The van der Waals surface area contributed by atoms with Gasteiger partial charge < -0.3 is 15.3 Å². The van der Waals surface area contributed by atoms with Crippen LogP contribution in [0.3, 0.4) is 0 Å². The number of piperidine rings is 2. The molecule has 2 saturated heterocycles. The molecule has 0 bridgehead atoms. The average Bonchev–Trinajstić information content (AvgIpc) is 2.91. The molecule has 0 unspecified atom stereocenters. The second kappa shape index (κ2) is 10.9. The van der Waals surface area contributed by atoms with Crippen LogP contribution in [-0.4, -0.2) is 62.3 Å². The second-order valence-electron chi connectivity index (χ2n) is 9.83. The Kier molecular flexibility index (Phi) is 7.28. The molecule has 1 aromatic carbocycles. The lowest BCUT2D eigenvalue weighted by atomic mass is 9.94. The number of carboxylic acids is 1. The van der Waals surface area contributed by atoms with Crippen molar-refractivity contribution in [3.05, 3.63) is 46.4 Å². The molecule has 37 heavy (non-hydrogen) atoms. The molecule has 3 N–H and O–H groups in total. The minimum atomic E-state index is -0.700. The van der Waals surface area contributed by atoms with Crippen LogP contribution in [0.5, 0.6) is 0 Å². The third-order valence-electron chi connectivity index (χ3n) is 7.34. The SMILES string of the molecule is N#CCC1CCN(c2nc(Nc3ccc(CN4CCC(C(=O)O)CC4)cc3)c3c(=O)[nH]ncc3n2)CC1. The first-order valence-electron chi connectivity index (χ1n) is 12.7. The van der Waals surface area contributed by atoms with Crippen LogP contribution in [0.15, 0.2) is 35.3 Å². The molecule has 0 amide bonds. The highest BCUT2D eigenvalue weighted by Gasteiger charge is 2.25. The summed E-state index contributed by atoms with van der Waals surface area (Å²) in [6, 6.07) is 10.2. The standard InChI is InChI=1S/C26H30N8O3/c27-10-5-17-6-13-34(14-7-17)26-30-21-15-28-32-24(35)22(21)23(31-26)29-20-3-1-18(2-4-20)16-33-11-8-19(9-12-33)25(36)37/h1-4,15,17,19H,5-9,11-14,16H2,(H,32,35)(H,36,37)(H,29,30,31). The zero-order valence-corrected chi connectivity index (χ0v) is 20.6. The lowest BCUT2D eigenvalue weighted by Gasteiger charge is -2.31. The van der Waals surface area contributed by atoms with Crippen molar-refractivity contribution in [3.8, 4) is 6.07 Å². The average molecular weight is 503 g/mol. The van der Waals surface area contributed by atoms with Crippen LogP contribution in [0.25, 0.3) is 10.9 Å². The van der Waals surface area contributed by atoms with Crippen LogP contribution in [0.1, 0.15) is 37.7 Å². The van der Waals surface area contributed by atoms with Crippen molar-refractivity contribution in [2.24, 2.45) is 11.8 Å². The monoisotopic (exact) mass is 502 g/mol. The normalized spacial score (nSPS) is 17.5. The van der Waals surface area contributed by atoms with E-state index in [1.807, 2.05) is 24.3 Å². The number of aromatic nitrogens is 4. The number of anilines is 3. The van der Waals surface area contributed by atoms with Gasteiger partial charge in [0.05, 0.1) is 18.2 Å². The third-order valence-corrected chi connectivity index (χ3v) is 7.34.